The van der Waals surface area contributed by atoms with Gasteiger partial charge in [0, 0.05) is 16.3 Å². The molecular weight excluding hydrogens is 541 g/mol. The van der Waals surface area contributed by atoms with E-state index < -0.39 is 6.03 Å². The lowest BCUT2D eigenvalue weighted by Gasteiger charge is -2.15. The van der Waals surface area contributed by atoms with Crippen LogP contribution in [-0.4, -0.2) is 18.9 Å². The normalized spacial score (nSPS) is 10.8. The number of halogens is 2. The van der Waals surface area contributed by atoms with E-state index in [4.69, 9.17) is 21.1 Å². The molecule has 0 atom stereocenters. The van der Waals surface area contributed by atoms with Gasteiger partial charge < -0.3 is 14.8 Å². The summed E-state index contributed by atoms with van der Waals surface area (Å²) >= 11 is 8.42. The third-order valence-corrected chi connectivity index (χ3v) is 5.60. The van der Waals surface area contributed by atoms with Crippen LogP contribution in [0.4, 0.5) is 10.5 Å². The Morgan fingerprint density at radius 2 is 1.88 bits per heavy atom. The summed E-state index contributed by atoms with van der Waals surface area (Å²) in [4.78, 5) is 12.1. The Kier molecular flexibility index (Phi) is 8.75. The second kappa shape index (κ2) is 11.7. The highest BCUT2D eigenvalue weighted by Crippen LogP contribution is 2.35. The molecule has 0 spiro atoms. The first-order valence-electron chi connectivity index (χ1n) is 9.96. The van der Waals surface area contributed by atoms with Crippen LogP contribution in [0.2, 0.25) is 5.02 Å². The maximum absolute atomic E-state index is 12.1. The molecule has 2 amide bonds. The standard InChI is InChI=1S/C24H23ClIN3O3/c1-3-31-22-13-17(14-27-29-24(30)28-21-11-7-4-8-16(21)2)12-20(26)23(22)32-15-18-9-5-6-10-19(18)25/h4-14H,3,15H2,1-2H3,(H2,28,29,30). The molecule has 3 rings (SSSR count). The van der Waals surface area contributed by atoms with Crippen molar-refractivity contribution >= 4 is 52.1 Å². The van der Waals surface area contributed by atoms with Crippen molar-refractivity contribution in [2.75, 3.05) is 11.9 Å². The van der Waals surface area contributed by atoms with Crippen LogP contribution in [-0.2, 0) is 6.61 Å². The van der Waals surface area contributed by atoms with Gasteiger partial charge in [0.05, 0.1) is 16.4 Å². The number of hydrogen-bond acceptors (Lipinski definition) is 4. The summed E-state index contributed by atoms with van der Waals surface area (Å²) in [6.45, 7) is 4.63. The summed E-state index contributed by atoms with van der Waals surface area (Å²) in [5, 5.41) is 7.46. The number of nitrogens with zero attached hydrogens (tertiary/aromatic N) is 1. The fraction of sp³-hybridized carbons (Fsp3) is 0.167. The minimum Gasteiger partial charge on any atom is -0.490 e. The first kappa shape index (κ1) is 23.9. The molecule has 0 aliphatic carbocycles. The highest BCUT2D eigenvalue weighted by atomic mass is 127. The van der Waals surface area contributed by atoms with Crippen molar-refractivity contribution in [3.63, 3.8) is 0 Å². The summed E-state index contributed by atoms with van der Waals surface area (Å²) in [7, 11) is 0. The predicted octanol–water partition coefficient (Wildman–Crippen LogP) is 6.39. The van der Waals surface area contributed by atoms with Crippen molar-refractivity contribution in [2.24, 2.45) is 5.10 Å². The molecule has 0 heterocycles. The summed E-state index contributed by atoms with van der Waals surface area (Å²) in [5.74, 6) is 1.23. The van der Waals surface area contributed by atoms with Crippen LogP contribution in [0.25, 0.3) is 0 Å². The van der Waals surface area contributed by atoms with E-state index in [1.807, 2.05) is 74.5 Å². The van der Waals surface area contributed by atoms with Crippen LogP contribution in [0.3, 0.4) is 0 Å². The van der Waals surface area contributed by atoms with E-state index in [2.05, 4.69) is 38.4 Å². The maximum Gasteiger partial charge on any atom is 0.339 e. The molecule has 6 nitrogen and oxygen atoms in total. The molecule has 166 valence electrons. The number of para-hydroxylation sites is 1. The van der Waals surface area contributed by atoms with Gasteiger partial charge in [0.1, 0.15) is 6.61 Å². The molecule has 3 aromatic rings. The zero-order valence-corrected chi connectivity index (χ0v) is 20.6. The van der Waals surface area contributed by atoms with Crippen molar-refractivity contribution in [1.82, 2.24) is 5.43 Å². The molecule has 0 unspecified atom stereocenters. The molecule has 3 aromatic carbocycles. The monoisotopic (exact) mass is 563 g/mol. The first-order chi connectivity index (χ1) is 15.5. The van der Waals surface area contributed by atoms with Crippen molar-refractivity contribution in [3.8, 4) is 11.5 Å². The number of benzene rings is 3. The average molecular weight is 564 g/mol. The Morgan fingerprint density at radius 3 is 2.62 bits per heavy atom. The van der Waals surface area contributed by atoms with Crippen molar-refractivity contribution in [2.45, 2.75) is 20.5 Å². The van der Waals surface area contributed by atoms with Gasteiger partial charge in [-0.1, -0.05) is 48.0 Å². The van der Waals surface area contributed by atoms with Crippen molar-refractivity contribution in [1.29, 1.82) is 0 Å². The summed E-state index contributed by atoms with van der Waals surface area (Å²) in [6, 6.07) is 18.4. The SMILES string of the molecule is CCOc1cc(C=NNC(=O)Nc2ccccc2C)cc(I)c1OCc1ccccc1Cl. The van der Waals surface area contributed by atoms with E-state index in [1.165, 1.54) is 0 Å². The molecule has 0 bridgehead atoms. The number of carbonyl (C=O) groups excluding carboxylic acids is 1. The lowest BCUT2D eigenvalue weighted by atomic mass is 10.2. The third kappa shape index (κ3) is 6.61. The van der Waals surface area contributed by atoms with E-state index >= 15 is 0 Å². The highest BCUT2D eigenvalue weighted by Gasteiger charge is 2.13. The number of urea groups is 1. The third-order valence-electron chi connectivity index (χ3n) is 4.43. The number of anilines is 1. The van der Waals surface area contributed by atoms with Gasteiger partial charge in [0.2, 0.25) is 0 Å². The van der Waals surface area contributed by atoms with E-state index in [0.29, 0.717) is 29.7 Å². The fourth-order valence-electron chi connectivity index (χ4n) is 2.86. The minimum atomic E-state index is -0.421. The summed E-state index contributed by atoms with van der Waals surface area (Å²) in [5.41, 5.74) is 5.83. The van der Waals surface area contributed by atoms with Gasteiger partial charge >= 0.3 is 6.03 Å². The zero-order valence-electron chi connectivity index (χ0n) is 17.7. The molecule has 0 aromatic heterocycles. The van der Waals surface area contributed by atoms with Crippen LogP contribution < -0.4 is 20.2 Å². The summed E-state index contributed by atoms with van der Waals surface area (Å²) < 4.78 is 12.6. The Labute approximate surface area is 206 Å². The molecule has 0 aliphatic heterocycles. The lowest BCUT2D eigenvalue weighted by molar-refractivity contribution is 0.252. The largest absolute Gasteiger partial charge is 0.490 e. The Bertz CT molecular complexity index is 1120. The molecule has 0 saturated heterocycles. The first-order valence-corrected chi connectivity index (χ1v) is 11.4. The van der Waals surface area contributed by atoms with Crippen LogP contribution in [0.5, 0.6) is 11.5 Å². The van der Waals surface area contributed by atoms with Gasteiger partial charge in [-0.2, -0.15) is 5.10 Å². The number of ether oxygens (including phenoxy) is 2. The molecule has 2 N–H and O–H groups in total. The second-order valence-corrected chi connectivity index (χ2v) is 8.35. The molecule has 8 heteroatoms. The fourth-order valence-corrected chi connectivity index (χ4v) is 3.83. The van der Waals surface area contributed by atoms with Gasteiger partial charge in [-0.25, -0.2) is 10.2 Å². The highest BCUT2D eigenvalue weighted by molar-refractivity contribution is 14.1. The lowest BCUT2D eigenvalue weighted by Crippen LogP contribution is -2.24. The number of aryl methyl sites for hydroxylation is 1. The molecule has 32 heavy (non-hydrogen) atoms. The topological polar surface area (TPSA) is 72.0 Å². The average Bonchev–Trinajstić information content (AvgIpc) is 2.76. The van der Waals surface area contributed by atoms with Gasteiger partial charge in [-0.3, -0.25) is 0 Å². The van der Waals surface area contributed by atoms with E-state index in [1.54, 1.807) is 6.21 Å². The Morgan fingerprint density at radius 1 is 1.12 bits per heavy atom. The van der Waals surface area contributed by atoms with Gasteiger partial charge in [-0.05, 0) is 71.8 Å². The minimum absolute atomic E-state index is 0.323. The van der Waals surface area contributed by atoms with Crippen LogP contribution in [0.15, 0.2) is 65.8 Å². The van der Waals surface area contributed by atoms with E-state index in [-0.39, 0.29) is 0 Å². The molecule has 0 fully saturated rings. The van der Waals surface area contributed by atoms with Crippen molar-refractivity contribution < 1.29 is 14.3 Å². The van der Waals surface area contributed by atoms with E-state index in [9.17, 15) is 4.79 Å². The van der Waals surface area contributed by atoms with Gasteiger partial charge in [0.25, 0.3) is 0 Å². The number of hydrazone groups is 1. The number of amides is 2. The summed E-state index contributed by atoms with van der Waals surface area (Å²) in [6.07, 6.45) is 1.56. The van der Waals surface area contributed by atoms with Crippen molar-refractivity contribution in [3.05, 3.63) is 85.9 Å². The smallest absolute Gasteiger partial charge is 0.339 e. The zero-order chi connectivity index (χ0) is 22.9. The van der Waals surface area contributed by atoms with Gasteiger partial charge in [-0.15, -0.1) is 0 Å². The molecular formula is C24H23ClIN3O3. The molecule has 0 saturated carbocycles. The van der Waals surface area contributed by atoms with Crippen LogP contribution >= 0.6 is 34.2 Å². The predicted molar refractivity (Wildman–Crippen MR) is 137 cm³/mol. The number of hydrogen-bond donors (Lipinski definition) is 2. The quantitative estimate of drug-likeness (QED) is 0.190. The number of rotatable bonds is 8. The van der Waals surface area contributed by atoms with Crippen LogP contribution in [0.1, 0.15) is 23.6 Å². The number of nitrogens with one attached hydrogen (secondary N) is 2. The second-order valence-electron chi connectivity index (χ2n) is 6.78. The Hall–Kier alpha value is -2.78. The molecule has 0 aliphatic rings. The van der Waals surface area contributed by atoms with Crippen LogP contribution in [0, 0.1) is 10.5 Å². The van der Waals surface area contributed by atoms with E-state index in [0.717, 1.165) is 25.9 Å². The maximum atomic E-state index is 12.1. The molecule has 0 radical (unpaired) electrons. The Balaban J connectivity index is 1.68. The van der Waals surface area contributed by atoms with Gasteiger partial charge in [0.15, 0.2) is 11.5 Å². The number of carbonyl (C=O) groups is 1.